The van der Waals surface area contributed by atoms with Gasteiger partial charge in [0.2, 0.25) is 5.91 Å². The number of amides is 1. The van der Waals surface area contributed by atoms with Crippen molar-refractivity contribution in [3.8, 4) is 11.3 Å². The average molecular weight is 450 g/mol. The molecule has 0 N–H and O–H groups in total. The van der Waals surface area contributed by atoms with Gasteiger partial charge in [-0.3, -0.25) is 14.5 Å². The minimum Gasteiger partial charge on any atom is -0.351 e. The summed E-state index contributed by atoms with van der Waals surface area (Å²) < 4.78 is 15.3. The fourth-order valence-electron chi connectivity index (χ4n) is 3.98. The zero-order chi connectivity index (χ0) is 23.5. The highest BCUT2D eigenvalue weighted by molar-refractivity contribution is 5.77. The Kier molecular flexibility index (Phi) is 6.48. The predicted octanol–water partition coefficient (Wildman–Crippen LogP) is 3.48. The first-order valence-corrected chi connectivity index (χ1v) is 11.0. The third kappa shape index (κ3) is 4.76. The Morgan fingerprint density at radius 1 is 1.12 bits per heavy atom. The quantitative estimate of drug-likeness (QED) is 0.557. The summed E-state index contributed by atoms with van der Waals surface area (Å²) in [5.41, 5.74) is 4.63. The Balaban J connectivity index is 1.42. The molecule has 0 atom stereocenters. The number of benzene rings is 1. The molecule has 2 aromatic heterocycles. The molecule has 0 radical (unpaired) electrons. The molecule has 0 unspecified atom stereocenters. The van der Waals surface area contributed by atoms with Gasteiger partial charge in [0.15, 0.2) is 5.82 Å². The number of carbonyl (C=O) groups is 1. The number of piperazine rings is 1. The number of aryl methyl sites for hydroxylation is 3. The molecule has 8 nitrogen and oxygen atoms in total. The van der Waals surface area contributed by atoms with Crippen LogP contribution in [0.3, 0.4) is 0 Å². The summed E-state index contributed by atoms with van der Waals surface area (Å²) in [7, 11) is 0. The minimum atomic E-state index is -0.241. The summed E-state index contributed by atoms with van der Waals surface area (Å²) in [5, 5.41) is 4.59. The van der Waals surface area contributed by atoms with E-state index in [9.17, 15) is 9.18 Å². The second-order valence-corrected chi connectivity index (χ2v) is 8.18. The van der Waals surface area contributed by atoms with Crippen LogP contribution in [0.15, 0.2) is 35.6 Å². The van der Waals surface area contributed by atoms with Crippen LogP contribution < -0.4 is 4.90 Å². The SMILES string of the molecule is CC=Nc1c(C)ncnc1N1CCN(C(=O)Cn2nc(-c3ccc(F)c(C)c3)cc2C)CC1. The largest absolute Gasteiger partial charge is 0.351 e. The number of anilines is 1. The lowest BCUT2D eigenvalue weighted by Crippen LogP contribution is -2.50. The Bertz CT molecular complexity index is 1200. The zero-order valence-electron chi connectivity index (χ0n) is 19.4. The molecule has 1 fully saturated rings. The first kappa shape index (κ1) is 22.6. The molecule has 4 rings (SSSR count). The van der Waals surface area contributed by atoms with E-state index in [0.717, 1.165) is 34.2 Å². The molecular weight excluding hydrogens is 421 g/mol. The molecule has 1 aliphatic rings. The van der Waals surface area contributed by atoms with E-state index in [1.165, 1.54) is 6.07 Å². The van der Waals surface area contributed by atoms with Gasteiger partial charge in [0.05, 0.1) is 11.4 Å². The van der Waals surface area contributed by atoms with Crippen LogP contribution in [-0.4, -0.2) is 62.9 Å². The van der Waals surface area contributed by atoms with Crippen molar-refractivity contribution in [1.82, 2.24) is 24.6 Å². The predicted molar refractivity (Wildman–Crippen MR) is 126 cm³/mol. The van der Waals surface area contributed by atoms with Gasteiger partial charge in [-0.15, -0.1) is 0 Å². The third-order valence-electron chi connectivity index (χ3n) is 5.90. The Hall–Kier alpha value is -3.62. The Labute approximate surface area is 192 Å². The van der Waals surface area contributed by atoms with Crippen LogP contribution in [0.4, 0.5) is 15.9 Å². The first-order chi connectivity index (χ1) is 15.9. The summed E-state index contributed by atoms with van der Waals surface area (Å²) in [6.45, 7) is 10.2. The monoisotopic (exact) mass is 449 g/mol. The van der Waals surface area contributed by atoms with Gasteiger partial charge in [-0.25, -0.2) is 14.4 Å². The van der Waals surface area contributed by atoms with Gasteiger partial charge in [-0.1, -0.05) is 0 Å². The fraction of sp³-hybridized carbons (Fsp3) is 0.375. The fourth-order valence-corrected chi connectivity index (χ4v) is 3.98. The van der Waals surface area contributed by atoms with Crippen LogP contribution in [0.5, 0.6) is 0 Å². The molecule has 1 amide bonds. The van der Waals surface area contributed by atoms with E-state index in [0.29, 0.717) is 31.7 Å². The van der Waals surface area contributed by atoms with E-state index in [1.807, 2.05) is 31.7 Å². The van der Waals surface area contributed by atoms with Crippen LogP contribution in [0.2, 0.25) is 0 Å². The molecule has 3 aromatic rings. The molecule has 9 heteroatoms. The maximum Gasteiger partial charge on any atom is 0.244 e. The number of halogens is 1. The van der Waals surface area contributed by atoms with Crippen LogP contribution in [0, 0.1) is 26.6 Å². The second kappa shape index (κ2) is 9.48. The molecule has 0 bridgehead atoms. The molecule has 1 aliphatic heterocycles. The van der Waals surface area contributed by atoms with E-state index in [-0.39, 0.29) is 18.3 Å². The van der Waals surface area contributed by atoms with E-state index in [4.69, 9.17) is 0 Å². The molecule has 172 valence electrons. The van der Waals surface area contributed by atoms with Gasteiger partial charge >= 0.3 is 0 Å². The minimum absolute atomic E-state index is 0.0216. The lowest BCUT2D eigenvalue weighted by molar-refractivity contribution is -0.132. The Morgan fingerprint density at radius 2 is 1.88 bits per heavy atom. The van der Waals surface area contributed by atoms with Crippen LogP contribution in [0.1, 0.15) is 23.9 Å². The van der Waals surface area contributed by atoms with Gasteiger partial charge in [-0.05, 0) is 57.5 Å². The average Bonchev–Trinajstić information content (AvgIpc) is 3.17. The van der Waals surface area contributed by atoms with Crippen molar-refractivity contribution < 1.29 is 9.18 Å². The highest BCUT2D eigenvalue weighted by Crippen LogP contribution is 2.29. The topological polar surface area (TPSA) is 79.5 Å². The van der Waals surface area contributed by atoms with Gasteiger partial charge < -0.3 is 9.80 Å². The maximum absolute atomic E-state index is 13.6. The van der Waals surface area contributed by atoms with Crippen molar-refractivity contribution in [3.63, 3.8) is 0 Å². The molecule has 0 spiro atoms. The summed E-state index contributed by atoms with van der Waals surface area (Å²) in [6, 6.07) is 6.85. The van der Waals surface area contributed by atoms with Crippen molar-refractivity contribution in [2.24, 2.45) is 4.99 Å². The van der Waals surface area contributed by atoms with Crippen molar-refractivity contribution in [1.29, 1.82) is 0 Å². The number of aliphatic imine (C=N–C) groups is 1. The lowest BCUT2D eigenvalue weighted by atomic mass is 10.1. The number of carbonyl (C=O) groups excluding carboxylic acids is 1. The van der Waals surface area contributed by atoms with E-state index in [1.54, 1.807) is 36.3 Å². The smallest absolute Gasteiger partial charge is 0.244 e. The van der Waals surface area contributed by atoms with Gasteiger partial charge in [0.1, 0.15) is 24.4 Å². The van der Waals surface area contributed by atoms with Crippen LogP contribution >= 0.6 is 0 Å². The third-order valence-corrected chi connectivity index (χ3v) is 5.90. The second-order valence-electron chi connectivity index (χ2n) is 8.18. The van der Waals surface area contributed by atoms with Gasteiger partial charge in [0, 0.05) is 43.7 Å². The van der Waals surface area contributed by atoms with E-state index in [2.05, 4.69) is 25.0 Å². The molecule has 1 aromatic carbocycles. The van der Waals surface area contributed by atoms with Crippen LogP contribution in [-0.2, 0) is 11.3 Å². The molecule has 0 saturated carbocycles. The Morgan fingerprint density at radius 3 is 2.58 bits per heavy atom. The van der Waals surface area contributed by atoms with E-state index < -0.39 is 0 Å². The van der Waals surface area contributed by atoms with Crippen LogP contribution in [0.25, 0.3) is 11.3 Å². The number of hydrogen-bond acceptors (Lipinski definition) is 6. The van der Waals surface area contributed by atoms with E-state index >= 15 is 0 Å². The lowest BCUT2D eigenvalue weighted by Gasteiger charge is -2.36. The molecular formula is C24H28FN7O. The molecule has 33 heavy (non-hydrogen) atoms. The van der Waals surface area contributed by atoms with Gasteiger partial charge in [0.25, 0.3) is 0 Å². The van der Waals surface area contributed by atoms with Crippen molar-refractivity contribution in [3.05, 3.63) is 53.4 Å². The number of nitrogens with zero attached hydrogens (tertiary/aromatic N) is 7. The number of aromatic nitrogens is 4. The zero-order valence-corrected chi connectivity index (χ0v) is 19.4. The first-order valence-electron chi connectivity index (χ1n) is 11.0. The summed E-state index contributed by atoms with van der Waals surface area (Å²) >= 11 is 0. The highest BCUT2D eigenvalue weighted by Gasteiger charge is 2.25. The molecule has 3 heterocycles. The summed E-state index contributed by atoms with van der Waals surface area (Å²) in [5.74, 6) is 0.582. The van der Waals surface area contributed by atoms with Crippen molar-refractivity contribution >= 4 is 23.6 Å². The molecule has 0 aliphatic carbocycles. The van der Waals surface area contributed by atoms with Gasteiger partial charge in [-0.2, -0.15) is 5.10 Å². The normalized spacial score (nSPS) is 14.3. The summed E-state index contributed by atoms with van der Waals surface area (Å²) in [6.07, 6.45) is 3.29. The van der Waals surface area contributed by atoms with Crippen molar-refractivity contribution in [2.75, 3.05) is 31.1 Å². The molecule has 1 saturated heterocycles. The summed E-state index contributed by atoms with van der Waals surface area (Å²) in [4.78, 5) is 30.1. The standard InChI is InChI=1S/C24H28FN7O/c1-5-26-23-18(4)27-15-28-24(23)31-10-8-30(9-11-31)22(33)14-32-17(3)13-21(29-32)19-6-7-20(25)16(2)12-19/h5-7,12-13,15H,8-11,14H2,1-4H3. The number of rotatable bonds is 5. The highest BCUT2D eigenvalue weighted by atomic mass is 19.1. The van der Waals surface area contributed by atoms with Crippen molar-refractivity contribution in [2.45, 2.75) is 34.2 Å². The maximum atomic E-state index is 13.6. The number of hydrogen-bond donors (Lipinski definition) is 0.